The molecule has 7 heteroatoms. The summed E-state index contributed by atoms with van der Waals surface area (Å²) in [5, 5.41) is 14.2. The number of likely N-dealkylation sites (tertiary alicyclic amines) is 2. The molecule has 7 nitrogen and oxygen atoms in total. The molecule has 2 aliphatic rings. The Bertz CT molecular complexity index is 728. The van der Waals surface area contributed by atoms with Gasteiger partial charge in [0.25, 0.3) is 5.91 Å². The number of carbonyl (C=O) groups is 2. The first kappa shape index (κ1) is 22.6. The molecule has 2 fully saturated rings. The van der Waals surface area contributed by atoms with Crippen LogP contribution in [-0.4, -0.2) is 85.2 Å². The summed E-state index contributed by atoms with van der Waals surface area (Å²) in [6, 6.07) is 7.94. The molecule has 3 rings (SSSR count). The van der Waals surface area contributed by atoms with Crippen molar-refractivity contribution in [3.8, 4) is 0 Å². The third-order valence-electron chi connectivity index (χ3n) is 6.35. The van der Waals surface area contributed by atoms with Crippen molar-refractivity contribution in [1.82, 2.24) is 15.1 Å². The number of aliphatic hydroxyl groups is 1. The summed E-state index contributed by atoms with van der Waals surface area (Å²) in [5.74, 6) is 0.0673. The van der Waals surface area contributed by atoms with Crippen molar-refractivity contribution in [2.75, 3.05) is 51.7 Å². The molecule has 0 saturated carbocycles. The zero-order valence-electron chi connectivity index (χ0n) is 18.6. The zero-order chi connectivity index (χ0) is 21.7. The van der Waals surface area contributed by atoms with E-state index < -0.39 is 5.60 Å². The molecule has 0 aromatic heterocycles. The Morgan fingerprint density at radius 3 is 2.37 bits per heavy atom. The van der Waals surface area contributed by atoms with Gasteiger partial charge in [0.1, 0.15) is 0 Å². The molecule has 1 aromatic carbocycles. The second-order valence-electron chi connectivity index (χ2n) is 9.06. The van der Waals surface area contributed by atoms with Gasteiger partial charge in [-0.25, -0.2) is 0 Å². The minimum Gasteiger partial charge on any atom is -0.388 e. The number of nitrogens with zero attached hydrogens (tertiary/aromatic N) is 3. The lowest BCUT2D eigenvalue weighted by molar-refractivity contribution is -0.120. The maximum absolute atomic E-state index is 12.9. The average molecular weight is 417 g/mol. The lowest BCUT2D eigenvalue weighted by Crippen LogP contribution is -2.50. The van der Waals surface area contributed by atoms with E-state index in [0.717, 1.165) is 38.0 Å². The van der Waals surface area contributed by atoms with E-state index in [1.165, 1.54) is 0 Å². The van der Waals surface area contributed by atoms with Crippen LogP contribution in [0.15, 0.2) is 24.3 Å². The van der Waals surface area contributed by atoms with Gasteiger partial charge in [0.2, 0.25) is 5.91 Å². The Morgan fingerprint density at radius 1 is 1.10 bits per heavy atom. The summed E-state index contributed by atoms with van der Waals surface area (Å²) in [6.07, 6.45) is 3.95. The minimum atomic E-state index is -0.759. The van der Waals surface area contributed by atoms with Crippen LogP contribution in [0.4, 0.5) is 5.69 Å². The van der Waals surface area contributed by atoms with E-state index in [0.29, 0.717) is 38.0 Å². The molecule has 0 aliphatic carbocycles. The molecule has 166 valence electrons. The van der Waals surface area contributed by atoms with E-state index in [-0.39, 0.29) is 17.9 Å². The molecule has 0 radical (unpaired) electrons. The zero-order valence-corrected chi connectivity index (χ0v) is 18.6. The van der Waals surface area contributed by atoms with Crippen LogP contribution in [-0.2, 0) is 4.79 Å². The number of rotatable bonds is 5. The van der Waals surface area contributed by atoms with Gasteiger partial charge in [0.15, 0.2) is 0 Å². The molecule has 2 amide bonds. The highest BCUT2D eigenvalue weighted by Gasteiger charge is 2.34. The molecule has 2 aliphatic heterocycles. The molecular weight excluding hydrogens is 380 g/mol. The fourth-order valence-electron chi connectivity index (χ4n) is 4.56. The standard InChI is InChI=1S/C23H36N4O3/c1-18(28)24-20-9-14-26(15-10-20)17-23(30)11-4-13-27(16-12-23)22(29)19-5-7-21(8-6-19)25(2)3/h5-8,20,30H,4,9-17H2,1-3H3,(H,24,28)/t23-/m0/s1. The molecule has 30 heavy (non-hydrogen) atoms. The molecule has 2 N–H and O–H groups in total. The lowest BCUT2D eigenvalue weighted by atomic mass is 9.93. The number of benzene rings is 1. The fourth-order valence-corrected chi connectivity index (χ4v) is 4.56. The van der Waals surface area contributed by atoms with Crippen LogP contribution in [0.2, 0.25) is 0 Å². The summed E-state index contributed by atoms with van der Waals surface area (Å²) < 4.78 is 0. The van der Waals surface area contributed by atoms with Crippen molar-refractivity contribution < 1.29 is 14.7 Å². The van der Waals surface area contributed by atoms with Gasteiger partial charge in [-0.3, -0.25) is 9.59 Å². The monoisotopic (exact) mass is 416 g/mol. The smallest absolute Gasteiger partial charge is 0.253 e. The van der Waals surface area contributed by atoms with Crippen molar-refractivity contribution in [2.45, 2.75) is 50.7 Å². The van der Waals surface area contributed by atoms with Gasteiger partial charge in [-0.1, -0.05) is 0 Å². The van der Waals surface area contributed by atoms with Crippen LogP contribution in [0.3, 0.4) is 0 Å². The van der Waals surface area contributed by atoms with Crippen LogP contribution in [0.25, 0.3) is 0 Å². The summed E-state index contributed by atoms with van der Waals surface area (Å²) in [6.45, 7) is 5.22. The van der Waals surface area contributed by atoms with Crippen LogP contribution in [0.1, 0.15) is 49.4 Å². The van der Waals surface area contributed by atoms with Gasteiger partial charge in [0, 0.05) is 71.0 Å². The molecule has 0 unspecified atom stereocenters. The highest BCUT2D eigenvalue weighted by atomic mass is 16.3. The van der Waals surface area contributed by atoms with Crippen molar-refractivity contribution in [2.24, 2.45) is 0 Å². The Kier molecular flexibility index (Phi) is 7.36. The average Bonchev–Trinajstić information content (AvgIpc) is 2.90. The predicted molar refractivity (Wildman–Crippen MR) is 119 cm³/mol. The molecule has 0 spiro atoms. The second-order valence-corrected chi connectivity index (χ2v) is 9.06. The van der Waals surface area contributed by atoms with Gasteiger partial charge < -0.3 is 25.1 Å². The minimum absolute atomic E-state index is 0.0250. The van der Waals surface area contributed by atoms with E-state index in [9.17, 15) is 14.7 Å². The van der Waals surface area contributed by atoms with Crippen molar-refractivity contribution >= 4 is 17.5 Å². The van der Waals surface area contributed by atoms with Crippen LogP contribution >= 0.6 is 0 Å². The number of piperidine rings is 1. The molecular formula is C23H36N4O3. The van der Waals surface area contributed by atoms with Crippen LogP contribution < -0.4 is 10.2 Å². The summed E-state index contributed by atoms with van der Waals surface area (Å²) in [4.78, 5) is 30.4. The van der Waals surface area contributed by atoms with E-state index in [4.69, 9.17) is 0 Å². The molecule has 2 heterocycles. The normalized spacial score (nSPS) is 23.7. The third kappa shape index (κ3) is 5.95. The number of anilines is 1. The Labute approximate surface area is 180 Å². The first-order chi connectivity index (χ1) is 14.3. The quantitative estimate of drug-likeness (QED) is 0.764. The van der Waals surface area contributed by atoms with Gasteiger partial charge in [-0.15, -0.1) is 0 Å². The SMILES string of the molecule is CC(=O)NC1CCN(C[C@]2(O)CCCN(C(=O)c3ccc(N(C)C)cc3)CC2)CC1. The van der Waals surface area contributed by atoms with Gasteiger partial charge in [0.05, 0.1) is 5.60 Å². The van der Waals surface area contributed by atoms with Gasteiger partial charge in [-0.2, -0.15) is 0 Å². The number of amides is 2. The number of nitrogens with one attached hydrogen (secondary N) is 1. The Balaban J connectivity index is 1.52. The Morgan fingerprint density at radius 2 is 1.77 bits per heavy atom. The van der Waals surface area contributed by atoms with Gasteiger partial charge >= 0.3 is 0 Å². The van der Waals surface area contributed by atoms with Gasteiger partial charge in [-0.05, 0) is 56.4 Å². The fraction of sp³-hybridized carbons (Fsp3) is 0.652. The first-order valence-corrected chi connectivity index (χ1v) is 11.0. The number of hydrogen-bond acceptors (Lipinski definition) is 5. The van der Waals surface area contributed by atoms with Crippen LogP contribution in [0, 0.1) is 0 Å². The molecule has 1 aromatic rings. The van der Waals surface area contributed by atoms with Crippen LogP contribution in [0.5, 0.6) is 0 Å². The summed E-state index contributed by atoms with van der Waals surface area (Å²) in [5.41, 5.74) is 1.01. The third-order valence-corrected chi connectivity index (χ3v) is 6.35. The molecule has 1 atom stereocenters. The second kappa shape index (κ2) is 9.79. The van der Waals surface area contributed by atoms with Crippen molar-refractivity contribution in [3.05, 3.63) is 29.8 Å². The van der Waals surface area contributed by atoms with Crippen molar-refractivity contribution in [1.29, 1.82) is 0 Å². The number of β-amino-alcohol motifs (C(OH)–C–C–N with tert-alkyl or cyclic N) is 1. The summed E-state index contributed by atoms with van der Waals surface area (Å²) in [7, 11) is 3.96. The van der Waals surface area contributed by atoms with E-state index in [2.05, 4.69) is 10.2 Å². The summed E-state index contributed by atoms with van der Waals surface area (Å²) >= 11 is 0. The number of carbonyl (C=O) groups excluding carboxylic acids is 2. The maximum atomic E-state index is 12.9. The predicted octanol–water partition coefficient (Wildman–Crippen LogP) is 1.71. The topological polar surface area (TPSA) is 76.1 Å². The van der Waals surface area contributed by atoms with E-state index >= 15 is 0 Å². The Hall–Kier alpha value is -2.12. The number of hydrogen-bond donors (Lipinski definition) is 2. The highest BCUT2D eigenvalue weighted by molar-refractivity contribution is 5.94. The van der Waals surface area contributed by atoms with E-state index in [1.807, 2.05) is 48.2 Å². The lowest BCUT2D eigenvalue weighted by Gasteiger charge is -2.38. The highest BCUT2D eigenvalue weighted by Crippen LogP contribution is 2.26. The van der Waals surface area contributed by atoms with E-state index in [1.54, 1.807) is 6.92 Å². The first-order valence-electron chi connectivity index (χ1n) is 11.0. The molecule has 2 saturated heterocycles. The van der Waals surface area contributed by atoms with Crippen molar-refractivity contribution in [3.63, 3.8) is 0 Å². The largest absolute Gasteiger partial charge is 0.388 e. The maximum Gasteiger partial charge on any atom is 0.253 e. The molecule has 0 bridgehead atoms.